The van der Waals surface area contributed by atoms with Crippen molar-refractivity contribution in [3.05, 3.63) is 46.1 Å². The highest BCUT2D eigenvalue weighted by molar-refractivity contribution is 8.00. The van der Waals surface area contributed by atoms with Gasteiger partial charge in [0.1, 0.15) is 4.83 Å². The summed E-state index contributed by atoms with van der Waals surface area (Å²) >= 11 is 2.80. The van der Waals surface area contributed by atoms with Crippen molar-refractivity contribution in [2.75, 3.05) is 6.54 Å². The molecule has 1 atom stereocenters. The van der Waals surface area contributed by atoms with Crippen LogP contribution in [0.2, 0.25) is 0 Å². The van der Waals surface area contributed by atoms with Gasteiger partial charge in [0, 0.05) is 24.0 Å². The Morgan fingerprint density at radius 1 is 1.30 bits per heavy atom. The predicted molar refractivity (Wildman–Crippen MR) is 114 cm³/mol. The molecule has 1 aromatic carbocycles. The van der Waals surface area contributed by atoms with Crippen molar-refractivity contribution in [2.24, 2.45) is 0 Å². The highest BCUT2D eigenvalue weighted by Crippen LogP contribution is 2.32. The van der Waals surface area contributed by atoms with E-state index in [-0.39, 0.29) is 16.7 Å². The Morgan fingerprint density at radius 3 is 2.70 bits per heavy atom. The van der Waals surface area contributed by atoms with E-state index in [9.17, 15) is 9.59 Å². The summed E-state index contributed by atoms with van der Waals surface area (Å²) in [6.45, 7) is 6.95. The Balaban J connectivity index is 2.01. The molecule has 0 fully saturated rings. The monoisotopic (exact) mass is 401 g/mol. The molecule has 0 saturated heterocycles. The smallest absolute Gasteiger partial charge is 0.263 e. The van der Waals surface area contributed by atoms with Gasteiger partial charge in [-0.25, -0.2) is 4.98 Å². The molecule has 0 bridgehead atoms. The molecular weight excluding hydrogens is 378 g/mol. The molecule has 0 spiro atoms. The third-order valence-electron chi connectivity index (χ3n) is 4.26. The molecule has 142 valence electrons. The van der Waals surface area contributed by atoms with Crippen LogP contribution in [0.4, 0.5) is 0 Å². The average molecular weight is 402 g/mol. The molecule has 1 amide bonds. The van der Waals surface area contributed by atoms with Gasteiger partial charge in [-0.15, -0.1) is 11.3 Å². The molecule has 0 aliphatic heterocycles. The lowest BCUT2D eigenvalue weighted by Gasteiger charge is -2.14. The minimum Gasteiger partial charge on any atom is -0.355 e. The summed E-state index contributed by atoms with van der Waals surface area (Å²) in [7, 11) is 0. The van der Waals surface area contributed by atoms with Crippen LogP contribution in [0.3, 0.4) is 0 Å². The number of thiophene rings is 1. The quantitative estimate of drug-likeness (QED) is 0.477. The second-order valence-corrected chi connectivity index (χ2v) is 8.36. The summed E-state index contributed by atoms with van der Waals surface area (Å²) in [5.74, 6) is -0.0324. The van der Waals surface area contributed by atoms with E-state index < -0.39 is 0 Å². The molecule has 1 N–H and O–H groups in total. The second kappa shape index (κ2) is 8.71. The summed E-state index contributed by atoms with van der Waals surface area (Å²) in [6.07, 6.45) is 0.893. The van der Waals surface area contributed by atoms with E-state index >= 15 is 0 Å². The van der Waals surface area contributed by atoms with Crippen LogP contribution in [0.15, 0.2) is 45.7 Å². The minimum absolute atomic E-state index is 0.0324. The molecule has 0 aliphatic rings. The Hall–Kier alpha value is -2.12. The highest BCUT2D eigenvalue weighted by Gasteiger charge is 2.20. The summed E-state index contributed by atoms with van der Waals surface area (Å²) in [4.78, 5) is 30.8. The second-order valence-electron chi connectivity index (χ2n) is 6.19. The third-order valence-corrected chi connectivity index (χ3v) is 6.22. The molecule has 27 heavy (non-hydrogen) atoms. The zero-order chi connectivity index (χ0) is 19.4. The lowest BCUT2D eigenvalue weighted by molar-refractivity contribution is -0.120. The normalized spacial score (nSPS) is 12.3. The summed E-state index contributed by atoms with van der Waals surface area (Å²) in [5.41, 5.74) is 1.88. The maximum atomic E-state index is 13.2. The van der Waals surface area contributed by atoms with Gasteiger partial charge >= 0.3 is 0 Å². The first-order valence-corrected chi connectivity index (χ1v) is 10.8. The zero-order valence-corrected chi connectivity index (χ0v) is 17.3. The predicted octanol–water partition coefficient (Wildman–Crippen LogP) is 4.15. The summed E-state index contributed by atoms with van der Waals surface area (Å²) < 4.78 is 1.66. The molecular formula is C20H23N3O2S2. The van der Waals surface area contributed by atoms with Crippen LogP contribution in [-0.4, -0.2) is 27.3 Å². The van der Waals surface area contributed by atoms with Crippen LogP contribution in [0, 0.1) is 0 Å². The standard InChI is InChI=1S/C20H23N3O2S2/c1-4-11-21-17(24)13(3)27-20-22-18-16(19(25)23(20)5-2)15(12-26-18)14-9-7-6-8-10-14/h6-10,12-13H,4-5,11H2,1-3H3,(H,21,24). The number of nitrogens with zero attached hydrogens (tertiary/aromatic N) is 2. The zero-order valence-electron chi connectivity index (χ0n) is 15.7. The van der Waals surface area contributed by atoms with Crippen LogP contribution in [-0.2, 0) is 11.3 Å². The molecule has 3 aromatic rings. The fourth-order valence-corrected chi connectivity index (χ4v) is 4.79. The Bertz CT molecular complexity index is 996. The number of carbonyl (C=O) groups is 1. The number of hydrogen-bond acceptors (Lipinski definition) is 5. The van der Waals surface area contributed by atoms with E-state index in [0.717, 1.165) is 17.5 Å². The molecule has 2 heterocycles. The van der Waals surface area contributed by atoms with Crippen molar-refractivity contribution in [2.45, 2.75) is 44.1 Å². The third kappa shape index (κ3) is 4.09. The van der Waals surface area contributed by atoms with Crippen molar-refractivity contribution in [3.8, 4) is 11.1 Å². The van der Waals surface area contributed by atoms with Crippen molar-refractivity contribution < 1.29 is 4.79 Å². The number of amides is 1. The SMILES string of the molecule is CCCNC(=O)C(C)Sc1nc2scc(-c3ccccc3)c2c(=O)n1CC. The van der Waals surface area contributed by atoms with Gasteiger partial charge in [-0.2, -0.15) is 0 Å². The number of thioether (sulfide) groups is 1. The van der Waals surface area contributed by atoms with Crippen LogP contribution in [0.5, 0.6) is 0 Å². The van der Waals surface area contributed by atoms with Gasteiger partial charge in [0.05, 0.1) is 10.6 Å². The number of fused-ring (bicyclic) bond motifs is 1. The minimum atomic E-state index is -0.313. The summed E-state index contributed by atoms with van der Waals surface area (Å²) in [6, 6.07) is 9.89. The average Bonchev–Trinajstić information content (AvgIpc) is 3.11. The van der Waals surface area contributed by atoms with E-state index in [4.69, 9.17) is 4.98 Å². The number of hydrogen-bond donors (Lipinski definition) is 1. The first-order valence-electron chi connectivity index (χ1n) is 9.08. The molecule has 3 rings (SSSR count). The van der Waals surface area contributed by atoms with Crippen LogP contribution in [0.25, 0.3) is 21.3 Å². The van der Waals surface area contributed by atoms with E-state index in [1.54, 1.807) is 4.57 Å². The van der Waals surface area contributed by atoms with Crippen LogP contribution in [0.1, 0.15) is 27.2 Å². The van der Waals surface area contributed by atoms with E-state index in [2.05, 4.69) is 5.32 Å². The van der Waals surface area contributed by atoms with Gasteiger partial charge in [0.15, 0.2) is 5.16 Å². The molecule has 0 aliphatic carbocycles. The molecule has 0 saturated carbocycles. The van der Waals surface area contributed by atoms with Crippen molar-refractivity contribution in [1.82, 2.24) is 14.9 Å². The maximum Gasteiger partial charge on any atom is 0.263 e. The Kier molecular flexibility index (Phi) is 6.34. The first kappa shape index (κ1) is 19.6. The van der Waals surface area contributed by atoms with E-state index in [1.165, 1.54) is 23.1 Å². The number of rotatable bonds is 7. The molecule has 7 heteroatoms. The lowest BCUT2D eigenvalue weighted by atomic mass is 10.1. The maximum absolute atomic E-state index is 13.2. The number of carbonyl (C=O) groups excluding carboxylic acids is 1. The molecule has 1 unspecified atom stereocenters. The van der Waals surface area contributed by atoms with Gasteiger partial charge in [-0.1, -0.05) is 49.0 Å². The van der Waals surface area contributed by atoms with Gasteiger partial charge in [0.2, 0.25) is 5.91 Å². The first-order chi connectivity index (χ1) is 13.1. The molecule has 2 aromatic heterocycles. The van der Waals surface area contributed by atoms with Crippen molar-refractivity contribution >= 4 is 39.2 Å². The topological polar surface area (TPSA) is 64.0 Å². The Labute approximate surface area is 166 Å². The van der Waals surface area contributed by atoms with Crippen molar-refractivity contribution in [1.29, 1.82) is 0 Å². The Morgan fingerprint density at radius 2 is 2.04 bits per heavy atom. The molecule has 5 nitrogen and oxygen atoms in total. The van der Waals surface area contributed by atoms with E-state index in [0.29, 0.717) is 28.5 Å². The van der Waals surface area contributed by atoms with Crippen molar-refractivity contribution in [3.63, 3.8) is 0 Å². The van der Waals surface area contributed by atoms with Crippen LogP contribution >= 0.6 is 23.1 Å². The van der Waals surface area contributed by atoms with Gasteiger partial charge in [0.25, 0.3) is 5.56 Å². The summed E-state index contributed by atoms with van der Waals surface area (Å²) in [5, 5.41) is 5.81. The van der Waals surface area contributed by atoms with Gasteiger partial charge < -0.3 is 5.32 Å². The van der Waals surface area contributed by atoms with Gasteiger partial charge in [-0.05, 0) is 25.8 Å². The number of aromatic nitrogens is 2. The number of benzene rings is 1. The fourth-order valence-electron chi connectivity index (χ4n) is 2.81. The van der Waals surface area contributed by atoms with Gasteiger partial charge in [-0.3, -0.25) is 14.2 Å². The van der Waals surface area contributed by atoms with Crippen LogP contribution < -0.4 is 10.9 Å². The molecule has 0 radical (unpaired) electrons. The fraction of sp³-hybridized carbons (Fsp3) is 0.350. The number of nitrogens with one attached hydrogen (secondary N) is 1. The van der Waals surface area contributed by atoms with E-state index in [1.807, 2.05) is 56.5 Å². The largest absolute Gasteiger partial charge is 0.355 e. The lowest BCUT2D eigenvalue weighted by Crippen LogP contribution is -2.32. The highest BCUT2D eigenvalue weighted by atomic mass is 32.2.